The Labute approximate surface area is 239 Å². The zero-order chi connectivity index (χ0) is 29.3. The van der Waals surface area contributed by atoms with Gasteiger partial charge >= 0.3 is 0 Å². The standard InChI is InChI=1S/C30H44N2O9/c1-14-9-18-22(19(34)10-14)25(36)23-17(24(18)35)3-2-4-20(23)40-27-26(37)30(39)16(11-15-6-8-32-21(31)12-15)5-7-29(13-33,41-27)28(30)38/h9-10,15-18,20-23,26-28,32-34,37-39H,2-8,11-13,31H2,1H3. The van der Waals surface area contributed by atoms with E-state index >= 15 is 0 Å². The number of rotatable bonds is 5. The monoisotopic (exact) mass is 576 g/mol. The minimum absolute atomic E-state index is 0.102. The molecule has 11 nitrogen and oxygen atoms in total. The molecular weight excluding hydrogens is 532 g/mol. The van der Waals surface area contributed by atoms with E-state index in [-0.39, 0.29) is 35.8 Å². The molecule has 41 heavy (non-hydrogen) atoms. The Kier molecular flexibility index (Phi) is 7.73. The molecule has 228 valence electrons. The maximum atomic E-state index is 13.8. The lowest BCUT2D eigenvalue weighted by atomic mass is 9.59. The first kappa shape index (κ1) is 29.4. The molecule has 13 atom stereocenters. The van der Waals surface area contributed by atoms with Gasteiger partial charge in [-0.15, -0.1) is 0 Å². The van der Waals surface area contributed by atoms with Gasteiger partial charge in [0.05, 0.1) is 36.6 Å². The van der Waals surface area contributed by atoms with Crippen molar-refractivity contribution in [1.82, 2.24) is 5.32 Å². The average Bonchev–Trinajstić information content (AvgIpc) is 2.94. The number of nitrogens with one attached hydrogen (secondary N) is 1. The highest BCUT2D eigenvalue weighted by Crippen LogP contribution is 2.53. The predicted octanol–water partition coefficient (Wildman–Crippen LogP) is 0.199. The number of carbonyl (C=O) groups is 2. The number of Topliss-reactive ketones (excluding diaryl/α,β-unsaturated/α-hetero) is 2. The van der Waals surface area contributed by atoms with E-state index in [9.17, 15) is 35.1 Å². The molecule has 3 saturated carbocycles. The summed E-state index contributed by atoms with van der Waals surface area (Å²) in [5, 5.41) is 59.2. The van der Waals surface area contributed by atoms with Gasteiger partial charge < -0.3 is 46.1 Å². The molecule has 0 aromatic carbocycles. The normalized spacial score (nSPS) is 50.0. The number of aliphatic hydroxyl groups is 5. The van der Waals surface area contributed by atoms with Crippen molar-refractivity contribution < 1.29 is 44.6 Å². The summed E-state index contributed by atoms with van der Waals surface area (Å²) in [5.74, 6) is -3.91. The van der Waals surface area contributed by atoms with E-state index in [0.29, 0.717) is 38.5 Å². The van der Waals surface area contributed by atoms with Crippen molar-refractivity contribution in [3.05, 3.63) is 23.5 Å². The van der Waals surface area contributed by atoms with Crippen LogP contribution in [-0.2, 0) is 19.1 Å². The topological polar surface area (TPSA) is 192 Å². The van der Waals surface area contributed by atoms with Crippen LogP contribution in [0.3, 0.4) is 0 Å². The van der Waals surface area contributed by atoms with E-state index in [0.717, 1.165) is 18.5 Å². The van der Waals surface area contributed by atoms with E-state index in [1.807, 2.05) is 0 Å². The van der Waals surface area contributed by atoms with E-state index in [2.05, 4.69) is 5.32 Å². The van der Waals surface area contributed by atoms with Gasteiger partial charge in [0.25, 0.3) is 0 Å². The lowest BCUT2D eigenvalue weighted by molar-refractivity contribution is -0.398. The van der Waals surface area contributed by atoms with Crippen molar-refractivity contribution in [1.29, 1.82) is 0 Å². The molecule has 0 aromatic rings. The number of allylic oxidation sites excluding steroid dienone is 4. The lowest BCUT2D eigenvalue weighted by Crippen LogP contribution is -2.77. The van der Waals surface area contributed by atoms with Crippen LogP contribution in [0, 0.1) is 35.5 Å². The number of hydrogen-bond donors (Lipinski definition) is 7. The van der Waals surface area contributed by atoms with Crippen molar-refractivity contribution in [2.24, 2.45) is 41.2 Å². The number of fused-ring (bicyclic) bond motifs is 4. The Hall–Kier alpha value is -1.70. The van der Waals surface area contributed by atoms with Gasteiger partial charge in [-0.3, -0.25) is 9.59 Å². The zero-order valence-corrected chi connectivity index (χ0v) is 23.5. The summed E-state index contributed by atoms with van der Waals surface area (Å²) >= 11 is 0. The molecule has 13 unspecified atom stereocenters. The molecule has 0 spiro atoms. The van der Waals surface area contributed by atoms with Crippen molar-refractivity contribution in [2.75, 3.05) is 13.2 Å². The predicted molar refractivity (Wildman–Crippen MR) is 145 cm³/mol. The number of aliphatic hydroxyl groups excluding tert-OH is 4. The molecule has 2 saturated heterocycles. The molecule has 5 fully saturated rings. The molecule has 0 radical (unpaired) electrons. The Morgan fingerprint density at radius 2 is 1.95 bits per heavy atom. The first-order valence-electron chi connectivity index (χ1n) is 15.2. The Bertz CT molecular complexity index is 1130. The van der Waals surface area contributed by atoms with E-state index < -0.39 is 72.0 Å². The van der Waals surface area contributed by atoms with Crippen LogP contribution in [0.2, 0.25) is 0 Å². The molecule has 6 aliphatic rings. The van der Waals surface area contributed by atoms with Crippen molar-refractivity contribution in [3.8, 4) is 0 Å². The second-order valence-corrected chi connectivity index (χ2v) is 13.4. The van der Waals surface area contributed by atoms with Crippen molar-refractivity contribution in [3.63, 3.8) is 0 Å². The fourth-order valence-electron chi connectivity index (χ4n) is 8.87. The van der Waals surface area contributed by atoms with Crippen LogP contribution in [0.1, 0.15) is 58.3 Å². The van der Waals surface area contributed by atoms with Crippen LogP contribution >= 0.6 is 0 Å². The van der Waals surface area contributed by atoms with Crippen molar-refractivity contribution in [2.45, 2.75) is 100 Å². The first-order valence-corrected chi connectivity index (χ1v) is 15.2. The molecule has 2 aliphatic heterocycles. The minimum atomic E-state index is -2.02. The van der Waals surface area contributed by atoms with Gasteiger partial charge in [-0.05, 0) is 76.3 Å². The summed E-state index contributed by atoms with van der Waals surface area (Å²) in [6.07, 6.45) is 2.00. The third kappa shape index (κ3) is 4.64. The largest absolute Gasteiger partial charge is 0.512 e. The van der Waals surface area contributed by atoms with Gasteiger partial charge in [0.2, 0.25) is 0 Å². The van der Waals surface area contributed by atoms with Crippen LogP contribution in [0.4, 0.5) is 0 Å². The molecule has 0 aromatic heterocycles. The molecule has 11 heteroatoms. The van der Waals surface area contributed by atoms with Gasteiger partial charge in [0.15, 0.2) is 12.1 Å². The Morgan fingerprint density at radius 3 is 2.68 bits per heavy atom. The third-order valence-corrected chi connectivity index (χ3v) is 11.0. The number of ether oxygens (including phenoxy) is 2. The molecule has 2 heterocycles. The van der Waals surface area contributed by atoms with Gasteiger partial charge in [0, 0.05) is 5.92 Å². The summed E-state index contributed by atoms with van der Waals surface area (Å²) in [4.78, 5) is 27.4. The Balaban J connectivity index is 1.26. The van der Waals surface area contributed by atoms with Gasteiger partial charge in [-0.1, -0.05) is 18.1 Å². The highest BCUT2D eigenvalue weighted by Gasteiger charge is 2.68. The second-order valence-electron chi connectivity index (χ2n) is 13.4. The van der Waals surface area contributed by atoms with Gasteiger partial charge in [-0.2, -0.15) is 0 Å². The van der Waals surface area contributed by atoms with Crippen LogP contribution in [0.25, 0.3) is 0 Å². The number of hydrogen-bond acceptors (Lipinski definition) is 11. The lowest BCUT2D eigenvalue weighted by Gasteiger charge is -2.60. The Morgan fingerprint density at radius 1 is 1.17 bits per heavy atom. The highest BCUT2D eigenvalue weighted by atomic mass is 16.7. The van der Waals surface area contributed by atoms with Crippen molar-refractivity contribution >= 4 is 11.6 Å². The maximum absolute atomic E-state index is 13.8. The molecule has 0 amide bonds. The third-order valence-electron chi connectivity index (χ3n) is 11.0. The molecule has 8 N–H and O–H groups in total. The van der Waals surface area contributed by atoms with Crippen LogP contribution in [0.5, 0.6) is 0 Å². The highest BCUT2D eigenvalue weighted by molar-refractivity contribution is 6.02. The molecule has 4 aliphatic carbocycles. The van der Waals surface area contributed by atoms with E-state index in [1.54, 1.807) is 13.0 Å². The summed E-state index contributed by atoms with van der Waals surface area (Å²) in [7, 11) is 0. The summed E-state index contributed by atoms with van der Waals surface area (Å²) in [6, 6.07) is 0. The van der Waals surface area contributed by atoms with Crippen LogP contribution < -0.4 is 11.1 Å². The first-order chi connectivity index (χ1) is 19.5. The molecular formula is C30H44N2O9. The maximum Gasteiger partial charge on any atom is 0.187 e. The molecule has 6 rings (SSSR count). The SMILES string of the molecule is CC1=CC2C(=O)C3CCCC(OC4OC5(CO)CCC(CC6CCNC(N)C6)C(O)(C4O)C5O)C3C(=O)C2C(O)=C1. The zero-order valence-electron chi connectivity index (χ0n) is 23.5. The quantitative estimate of drug-likeness (QED) is 0.236. The number of nitrogens with two attached hydrogens (primary N) is 1. The number of ketones is 2. The van der Waals surface area contributed by atoms with E-state index in [1.165, 1.54) is 6.08 Å². The van der Waals surface area contributed by atoms with Gasteiger partial charge in [0.1, 0.15) is 35.0 Å². The minimum Gasteiger partial charge on any atom is -0.512 e. The molecule has 2 bridgehead atoms. The smallest absolute Gasteiger partial charge is 0.187 e. The number of piperidine rings is 1. The van der Waals surface area contributed by atoms with E-state index in [4.69, 9.17) is 15.2 Å². The van der Waals surface area contributed by atoms with Crippen LogP contribution in [-0.4, -0.2) is 92.2 Å². The summed E-state index contributed by atoms with van der Waals surface area (Å²) in [5.41, 5.74) is 3.27. The number of carbonyl (C=O) groups excluding carboxylic acids is 2. The fourth-order valence-corrected chi connectivity index (χ4v) is 8.87. The fraction of sp³-hybridized carbons (Fsp3) is 0.800. The average molecular weight is 577 g/mol. The summed E-state index contributed by atoms with van der Waals surface area (Å²) in [6.45, 7) is 1.94. The second kappa shape index (κ2) is 10.8. The van der Waals surface area contributed by atoms with Crippen LogP contribution in [0.15, 0.2) is 23.5 Å². The summed E-state index contributed by atoms with van der Waals surface area (Å²) < 4.78 is 12.4. The van der Waals surface area contributed by atoms with Gasteiger partial charge in [-0.25, -0.2) is 0 Å².